The predicted octanol–water partition coefficient (Wildman–Crippen LogP) is 0.856. The molecular formula is C12H19NO4. The molecule has 2 rings (SSSR count). The van der Waals surface area contributed by atoms with Crippen LogP contribution in [0.3, 0.4) is 0 Å². The Morgan fingerprint density at radius 1 is 1.35 bits per heavy atom. The molecule has 17 heavy (non-hydrogen) atoms. The molecule has 0 radical (unpaired) electrons. The quantitative estimate of drug-likeness (QED) is 0.742. The molecule has 96 valence electrons. The van der Waals surface area contributed by atoms with Gasteiger partial charge in [-0.15, -0.1) is 0 Å². The Kier molecular flexibility index (Phi) is 3.81. The maximum absolute atomic E-state index is 10.5. The molecule has 0 amide bonds. The maximum Gasteiger partial charge on any atom is 0.328 e. The molecule has 0 aromatic rings. The summed E-state index contributed by atoms with van der Waals surface area (Å²) < 4.78 is 11.3. The fourth-order valence-corrected chi connectivity index (χ4v) is 2.45. The van der Waals surface area contributed by atoms with Crippen molar-refractivity contribution in [2.24, 2.45) is 0 Å². The first-order chi connectivity index (χ1) is 8.10. The van der Waals surface area contributed by atoms with E-state index in [-0.39, 0.29) is 5.79 Å². The number of rotatable bonds is 3. The van der Waals surface area contributed by atoms with Crippen LogP contribution in [0.1, 0.15) is 19.8 Å². The van der Waals surface area contributed by atoms with Crippen LogP contribution in [0.25, 0.3) is 0 Å². The third-order valence-electron chi connectivity index (χ3n) is 3.27. The molecule has 0 unspecified atom stereocenters. The molecule has 1 spiro atoms. The lowest BCUT2D eigenvalue weighted by atomic mass is 10.0. The van der Waals surface area contributed by atoms with Gasteiger partial charge in [0.25, 0.3) is 0 Å². The van der Waals surface area contributed by atoms with Gasteiger partial charge in [0.1, 0.15) is 0 Å². The van der Waals surface area contributed by atoms with Crippen molar-refractivity contribution in [1.29, 1.82) is 0 Å². The van der Waals surface area contributed by atoms with Gasteiger partial charge in [-0.05, 0) is 6.92 Å². The summed E-state index contributed by atoms with van der Waals surface area (Å²) in [5.41, 5.74) is 0.877. The second-order valence-corrected chi connectivity index (χ2v) is 4.71. The van der Waals surface area contributed by atoms with Crippen molar-refractivity contribution < 1.29 is 19.4 Å². The van der Waals surface area contributed by atoms with Gasteiger partial charge >= 0.3 is 5.97 Å². The number of nitrogens with zero attached hydrogens (tertiary/aromatic N) is 1. The first-order valence-corrected chi connectivity index (χ1v) is 6.00. The van der Waals surface area contributed by atoms with Crippen LogP contribution >= 0.6 is 0 Å². The van der Waals surface area contributed by atoms with Gasteiger partial charge in [-0.2, -0.15) is 0 Å². The molecule has 5 heteroatoms. The molecule has 0 aliphatic carbocycles. The van der Waals surface area contributed by atoms with Crippen molar-refractivity contribution in [3.8, 4) is 0 Å². The molecule has 2 aliphatic heterocycles. The number of likely N-dealkylation sites (tertiary alicyclic amines) is 1. The van der Waals surface area contributed by atoms with Crippen molar-refractivity contribution in [3.63, 3.8) is 0 Å². The third-order valence-corrected chi connectivity index (χ3v) is 3.27. The number of carboxylic acids is 1. The Morgan fingerprint density at radius 3 is 2.47 bits per heavy atom. The zero-order chi connectivity index (χ0) is 12.3. The molecule has 0 atom stereocenters. The number of ether oxygens (including phenoxy) is 2. The molecule has 0 aromatic heterocycles. The summed E-state index contributed by atoms with van der Waals surface area (Å²) in [6, 6.07) is 0. The lowest BCUT2D eigenvalue weighted by Crippen LogP contribution is -2.45. The second kappa shape index (κ2) is 5.16. The summed E-state index contributed by atoms with van der Waals surface area (Å²) in [5, 5.41) is 8.65. The fourth-order valence-electron chi connectivity index (χ4n) is 2.45. The molecular weight excluding hydrogens is 222 g/mol. The number of aliphatic carboxylic acids is 1. The number of hydrogen-bond acceptors (Lipinski definition) is 4. The molecule has 2 heterocycles. The van der Waals surface area contributed by atoms with E-state index in [0.29, 0.717) is 19.8 Å². The van der Waals surface area contributed by atoms with Crippen LogP contribution in [-0.2, 0) is 14.3 Å². The maximum atomic E-state index is 10.5. The van der Waals surface area contributed by atoms with E-state index in [0.717, 1.165) is 31.5 Å². The first-order valence-electron chi connectivity index (χ1n) is 6.00. The van der Waals surface area contributed by atoms with Gasteiger partial charge in [-0.1, -0.05) is 5.57 Å². The van der Waals surface area contributed by atoms with E-state index in [1.54, 1.807) is 0 Å². The first kappa shape index (κ1) is 12.5. The van der Waals surface area contributed by atoms with Crippen molar-refractivity contribution in [3.05, 3.63) is 11.6 Å². The molecule has 2 fully saturated rings. The molecule has 0 aromatic carbocycles. The van der Waals surface area contributed by atoms with Crippen LogP contribution in [0.5, 0.6) is 0 Å². The van der Waals surface area contributed by atoms with Gasteiger partial charge in [-0.25, -0.2) is 4.79 Å². The normalized spacial score (nSPS) is 25.4. The van der Waals surface area contributed by atoms with Gasteiger partial charge in [0.15, 0.2) is 5.79 Å². The van der Waals surface area contributed by atoms with Crippen LogP contribution in [-0.4, -0.2) is 54.6 Å². The van der Waals surface area contributed by atoms with Gasteiger partial charge in [0, 0.05) is 38.6 Å². The Hall–Kier alpha value is -0.910. The van der Waals surface area contributed by atoms with Crippen LogP contribution in [0.4, 0.5) is 0 Å². The molecule has 2 aliphatic rings. The monoisotopic (exact) mass is 241 g/mol. The predicted molar refractivity (Wildman–Crippen MR) is 61.7 cm³/mol. The number of hydrogen-bond donors (Lipinski definition) is 1. The van der Waals surface area contributed by atoms with Gasteiger partial charge in [0.2, 0.25) is 0 Å². The highest BCUT2D eigenvalue weighted by molar-refractivity contribution is 5.80. The second-order valence-electron chi connectivity index (χ2n) is 4.71. The van der Waals surface area contributed by atoms with E-state index in [1.807, 2.05) is 6.92 Å². The van der Waals surface area contributed by atoms with Crippen molar-refractivity contribution in [1.82, 2.24) is 4.90 Å². The molecule has 0 saturated carbocycles. The standard InChI is InChI=1S/C12H19NO4/c1-10(8-11(14)15)9-13-4-2-12(3-5-13)16-6-7-17-12/h8H,2-7,9H2,1H3,(H,14,15). The summed E-state index contributed by atoms with van der Waals surface area (Å²) in [6.45, 7) is 5.73. The zero-order valence-electron chi connectivity index (χ0n) is 10.1. The van der Waals surface area contributed by atoms with E-state index in [2.05, 4.69) is 4.90 Å². The lowest BCUT2D eigenvalue weighted by Gasteiger charge is -2.37. The lowest BCUT2D eigenvalue weighted by molar-refractivity contribution is -0.184. The van der Waals surface area contributed by atoms with Gasteiger partial charge in [0.05, 0.1) is 13.2 Å². The third kappa shape index (κ3) is 3.28. The SMILES string of the molecule is CC(=CC(=O)O)CN1CCC2(CC1)OCCO2. The van der Waals surface area contributed by atoms with E-state index in [1.165, 1.54) is 6.08 Å². The smallest absolute Gasteiger partial charge is 0.328 e. The minimum Gasteiger partial charge on any atom is -0.478 e. The Labute approximate surface area is 101 Å². The summed E-state index contributed by atoms with van der Waals surface area (Å²) in [6.07, 6.45) is 3.01. The van der Waals surface area contributed by atoms with Gasteiger partial charge in [-0.3, -0.25) is 4.90 Å². The van der Waals surface area contributed by atoms with Crippen LogP contribution < -0.4 is 0 Å². The zero-order valence-corrected chi connectivity index (χ0v) is 10.1. The Bertz CT molecular complexity index is 310. The minimum atomic E-state index is -0.876. The van der Waals surface area contributed by atoms with E-state index < -0.39 is 5.97 Å². The highest BCUT2D eigenvalue weighted by atomic mass is 16.7. The summed E-state index contributed by atoms with van der Waals surface area (Å²) in [7, 11) is 0. The molecule has 2 saturated heterocycles. The number of carbonyl (C=O) groups is 1. The van der Waals surface area contributed by atoms with E-state index in [9.17, 15) is 4.79 Å². The molecule has 0 bridgehead atoms. The van der Waals surface area contributed by atoms with Gasteiger partial charge < -0.3 is 14.6 Å². The van der Waals surface area contributed by atoms with Crippen LogP contribution in [0, 0.1) is 0 Å². The van der Waals surface area contributed by atoms with Crippen molar-refractivity contribution >= 4 is 5.97 Å². The Balaban J connectivity index is 1.81. The van der Waals surface area contributed by atoms with Crippen LogP contribution in [0.2, 0.25) is 0 Å². The summed E-state index contributed by atoms with van der Waals surface area (Å²) in [5.74, 6) is -1.22. The minimum absolute atomic E-state index is 0.346. The van der Waals surface area contributed by atoms with E-state index in [4.69, 9.17) is 14.6 Å². The molecule has 5 nitrogen and oxygen atoms in total. The van der Waals surface area contributed by atoms with Crippen LogP contribution in [0.15, 0.2) is 11.6 Å². The highest BCUT2D eigenvalue weighted by Gasteiger charge is 2.39. The summed E-state index contributed by atoms with van der Waals surface area (Å²) in [4.78, 5) is 12.8. The highest BCUT2D eigenvalue weighted by Crippen LogP contribution is 2.31. The molecule has 1 N–H and O–H groups in total. The van der Waals surface area contributed by atoms with E-state index >= 15 is 0 Å². The largest absolute Gasteiger partial charge is 0.478 e. The van der Waals surface area contributed by atoms with Crippen molar-refractivity contribution in [2.45, 2.75) is 25.6 Å². The average molecular weight is 241 g/mol. The average Bonchev–Trinajstić information content (AvgIpc) is 2.69. The van der Waals surface area contributed by atoms with Crippen molar-refractivity contribution in [2.75, 3.05) is 32.8 Å². The number of piperidine rings is 1. The fraction of sp³-hybridized carbons (Fsp3) is 0.750. The Morgan fingerprint density at radius 2 is 1.94 bits per heavy atom. The topological polar surface area (TPSA) is 59.0 Å². The number of carboxylic acid groups (broad SMARTS) is 1. The summed E-state index contributed by atoms with van der Waals surface area (Å²) >= 11 is 0.